The van der Waals surface area contributed by atoms with Crippen LogP contribution in [0.1, 0.15) is 45.2 Å². The first-order valence-electron chi connectivity index (χ1n) is 9.54. The van der Waals surface area contributed by atoms with Crippen LogP contribution in [0.4, 0.5) is 0 Å². The number of halogens is 1. The van der Waals surface area contributed by atoms with Gasteiger partial charge in [0.05, 0.1) is 22.1 Å². The van der Waals surface area contributed by atoms with E-state index < -0.39 is 15.3 Å². The highest BCUT2D eigenvalue weighted by Crippen LogP contribution is 2.36. The van der Waals surface area contributed by atoms with Crippen molar-refractivity contribution in [1.82, 2.24) is 18.9 Å². The molecule has 1 aliphatic carbocycles. The zero-order valence-corrected chi connectivity index (χ0v) is 18.3. The van der Waals surface area contributed by atoms with Gasteiger partial charge in [0.15, 0.2) is 9.84 Å². The molecule has 0 N–H and O–H groups in total. The summed E-state index contributed by atoms with van der Waals surface area (Å²) in [5.41, 5.74) is -0.0188. The van der Waals surface area contributed by atoms with E-state index in [1.807, 2.05) is 0 Å². The lowest BCUT2D eigenvalue weighted by atomic mass is 9.87. The molecule has 1 fully saturated rings. The maximum atomic E-state index is 12.9. The molecule has 3 aromatic rings. The molecule has 0 atom stereocenters. The Hall–Kier alpha value is -2.70. The number of nitriles is 1. The Bertz CT molecular complexity index is 1380. The van der Waals surface area contributed by atoms with Crippen LogP contribution < -0.4 is 5.69 Å². The first kappa shape index (κ1) is 20.6. The Labute approximate surface area is 178 Å². The van der Waals surface area contributed by atoms with E-state index in [2.05, 4.69) is 16.0 Å². The third-order valence-corrected chi connectivity index (χ3v) is 7.38. The van der Waals surface area contributed by atoms with Gasteiger partial charge in [0, 0.05) is 24.5 Å². The van der Waals surface area contributed by atoms with E-state index in [0.717, 1.165) is 12.8 Å². The number of imidazole rings is 1. The lowest BCUT2D eigenvalue weighted by Gasteiger charge is -2.17. The molecule has 0 aliphatic heterocycles. The second-order valence-electron chi connectivity index (χ2n) is 7.92. The van der Waals surface area contributed by atoms with Crippen molar-refractivity contribution in [3.8, 4) is 17.5 Å². The molecule has 30 heavy (non-hydrogen) atoms. The quantitative estimate of drug-likeness (QED) is 0.558. The van der Waals surface area contributed by atoms with Crippen LogP contribution in [0.15, 0.2) is 34.2 Å². The van der Waals surface area contributed by atoms with E-state index in [1.54, 1.807) is 26.8 Å². The van der Waals surface area contributed by atoms with E-state index in [0.29, 0.717) is 16.4 Å². The Morgan fingerprint density at radius 3 is 2.63 bits per heavy atom. The lowest BCUT2D eigenvalue weighted by molar-refractivity contribution is 0.596. The van der Waals surface area contributed by atoms with Crippen molar-refractivity contribution in [3.63, 3.8) is 0 Å². The molecule has 1 aliphatic rings. The van der Waals surface area contributed by atoms with Gasteiger partial charge in [-0.2, -0.15) is 5.26 Å². The van der Waals surface area contributed by atoms with Gasteiger partial charge in [-0.25, -0.2) is 18.2 Å². The standard InChI is InChI=1S/C20H20ClN5O3S/c1-4-30(28,29)15-7-12(20(2,3)11-22)9-23-18(15)14-10-25-17(24-14)8-16(21)26(19(25)27)13-5-6-13/h7-10,13H,4-6H2,1-3H3. The molecular weight excluding hydrogens is 426 g/mol. The van der Waals surface area contributed by atoms with Crippen LogP contribution in [-0.4, -0.2) is 33.1 Å². The van der Waals surface area contributed by atoms with Crippen LogP contribution in [0, 0.1) is 11.3 Å². The van der Waals surface area contributed by atoms with Crippen molar-refractivity contribution < 1.29 is 8.42 Å². The van der Waals surface area contributed by atoms with Gasteiger partial charge in [0.1, 0.15) is 22.2 Å². The summed E-state index contributed by atoms with van der Waals surface area (Å²) in [5, 5.41) is 9.72. The maximum Gasteiger partial charge on any atom is 0.335 e. The topological polar surface area (TPSA) is 110 Å². The van der Waals surface area contributed by atoms with Gasteiger partial charge in [-0.1, -0.05) is 18.5 Å². The zero-order chi connectivity index (χ0) is 21.8. The molecule has 0 spiro atoms. The van der Waals surface area contributed by atoms with Gasteiger partial charge in [0.25, 0.3) is 0 Å². The predicted molar refractivity (Wildman–Crippen MR) is 112 cm³/mol. The second kappa shape index (κ2) is 6.93. The third kappa shape index (κ3) is 3.30. The average molecular weight is 446 g/mol. The van der Waals surface area contributed by atoms with Gasteiger partial charge in [-0.15, -0.1) is 0 Å². The van der Waals surface area contributed by atoms with Crippen molar-refractivity contribution in [2.24, 2.45) is 0 Å². The Kier molecular flexibility index (Phi) is 4.75. The number of sulfone groups is 1. The van der Waals surface area contributed by atoms with Crippen LogP contribution in [0.3, 0.4) is 0 Å². The van der Waals surface area contributed by atoms with Gasteiger partial charge >= 0.3 is 5.69 Å². The molecule has 8 nitrogen and oxygen atoms in total. The highest BCUT2D eigenvalue weighted by Gasteiger charge is 2.29. The summed E-state index contributed by atoms with van der Waals surface area (Å²) < 4.78 is 28.5. The lowest BCUT2D eigenvalue weighted by Crippen LogP contribution is -2.25. The minimum absolute atomic E-state index is 0.0113. The van der Waals surface area contributed by atoms with Crippen LogP contribution >= 0.6 is 11.6 Å². The van der Waals surface area contributed by atoms with Crippen molar-refractivity contribution in [2.75, 3.05) is 5.75 Å². The van der Waals surface area contributed by atoms with Crippen LogP contribution in [-0.2, 0) is 15.3 Å². The fourth-order valence-corrected chi connectivity index (χ4v) is 4.62. The molecule has 3 heterocycles. The van der Waals surface area contributed by atoms with E-state index >= 15 is 0 Å². The van der Waals surface area contributed by atoms with Crippen molar-refractivity contribution in [2.45, 2.75) is 50.0 Å². The number of aromatic nitrogens is 4. The summed E-state index contributed by atoms with van der Waals surface area (Å²) in [6.07, 6.45) is 4.75. The Morgan fingerprint density at radius 2 is 2.03 bits per heavy atom. The number of hydrogen-bond acceptors (Lipinski definition) is 6. The summed E-state index contributed by atoms with van der Waals surface area (Å²) in [6, 6.07) is 5.31. The first-order chi connectivity index (χ1) is 14.1. The molecular formula is C20H20ClN5O3S. The molecule has 0 aromatic carbocycles. The molecule has 156 valence electrons. The molecule has 0 amide bonds. The number of hydrogen-bond donors (Lipinski definition) is 0. The molecule has 0 saturated heterocycles. The van der Waals surface area contributed by atoms with Gasteiger partial charge in [-0.3, -0.25) is 14.0 Å². The Morgan fingerprint density at radius 1 is 1.33 bits per heavy atom. The number of pyridine rings is 1. The monoisotopic (exact) mass is 445 g/mol. The number of fused-ring (bicyclic) bond motifs is 1. The maximum absolute atomic E-state index is 12.9. The highest BCUT2D eigenvalue weighted by molar-refractivity contribution is 7.91. The van der Waals surface area contributed by atoms with Crippen LogP contribution in [0.5, 0.6) is 0 Å². The molecule has 0 bridgehead atoms. The first-order valence-corrected chi connectivity index (χ1v) is 11.6. The summed E-state index contributed by atoms with van der Waals surface area (Å²) >= 11 is 6.28. The minimum atomic E-state index is -3.67. The van der Waals surface area contributed by atoms with E-state index in [9.17, 15) is 18.5 Å². The smallest absolute Gasteiger partial charge is 0.280 e. The number of rotatable bonds is 5. The number of nitrogens with zero attached hydrogens (tertiary/aromatic N) is 5. The van der Waals surface area contributed by atoms with E-state index in [-0.39, 0.29) is 33.8 Å². The molecule has 10 heteroatoms. The Balaban J connectivity index is 1.96. The van der Waals surface area contributed by atoms with Crippen molar-refractivity contribution in [3.05, 3.63) is 45.7 Å². The molecule has 4 rings (SSSR count). The molecule has 1 saturated carbocycles. The van der Waals surface area contributed by atoms with E-state index in [1.165, 1.54) is 27.4 Å². The summed E-state index contributed by atoms with van der Waals surface area (Å²) in [5.74, 6) is -0.133. The highest BCUT2D eigenvalue weighted by atomic mass is 35.5. The third-order valence-electron chi connectivity index (χ3n) is 5.35. The predicted octanol–water partition coefficient (Wildman–Crippen LogP) is 3.14. The molecule has 0 unspecified atom stereocenters. The average Bonchev–Trinajstić information content (AvgIpc) is 3.45. The van der Waals surface area contributed by atoms with E-state index in [4.69, 9.17) is 11.6 Å². The SMILES string of the molecule is CCS(=O)(=O)c1cc(C(C)(C)C#N)cnc1-c1cn2c(=O)n(C3CC3)c(Cl)cc2n1. The fraction of sp³-hybridized carbons (Fsp3) is 0.400. The fourth-order valence-electron chi connectivity index (χ4n) is 3.25. The van der Waals surface area contributed by atoms with Gasteiger partial charge in [0.2, 0.25) is 0 Å². The summed E-state index contributed by atoms with van der Waals surface area (Å²) in [6.45, 7) is 4.93. The van der Waals surface area contributed by atoms with Crippen molar-refractivity contribution in [1.29, 1.82) is 5.26 Å². The molecule has 0 radical (unpaired) electrons. The summed E-state index contributed by atoms with van der Waals surface area (Å²) in [7, 11) is -3.67. The largest absolute Gasteiger partial charge is 0.335 e. The normalized spacial score (nSPS) is 14.8. The van der Waals surface area contributed by atoms with Crippen LogP contribution in [0.25, 0.3) is 17.0 Å². The van der Waals surface area contributed by atoms with Gasteiger partial charge in [-0.05, 0) is 38.3 Å². The zero-order valence-electron chi connectivity index (χ0n) is 16.8. The van der Waals surface area contributed by atoms with Crippen molar-refractivity contribution >= 4 is 27.1 Å². The summed E-state index contributed by atoms with van der Waals surface area (Å²) in [4.78, 5) is 21.6. The molecule has 3 aromatic heterocycles. The van der Waals surface area contributed by atoms with Gasteiger partial charge < -0.3 is 0 Å². The minimum Gasteiger partial charge on any atom is -0.280 e. The second-order valence-corrected chi connectivity index (χ2v) is 10.6. The van der Waals surface area contributed by atoms with Crippen LogP contribution in [0.2, 0.25) is 5.15 Å².